The van der Waals surface area contributed by atoms with Crippen molar-refractivity contribution >= 4 is 57.1 Å². The monoisotopic (exact) mass is 780 g/mol. The van der Waals surface area contributed by atoms with Crippen molar-refractivity contribution in [3.8, 4) is 5.75 Å². The van der Waals surface area contributed by atoms with E-state index < -0.39 is 83.0 Å². The van der Waals surface area contributed by atoms with Gasteiger partial charge in [0.2, 0.25) is 17.7 Å². The predicted octanol–water partition coefficient (Wildman–Crippen LogP) is 3.33. The van der Waals surface area contributed by atoms with Gasteiger partial charge in [0.25, 0.3) is 0 Å². The number of hydrogen-bond donors (Lipinski definition) is 4. The SMILES string of the molecule is Cc1cccc(C)c1C(=O)OCC(=O)[C@H](CC(=O)O)NC(=O)C1CCCN1C(=O)[C@H](Cc1ccc(Br)cc1)NC(=O)Cc1ccc(O)c([N+](=O)[O-])c1. The lowest BCUT2D eigenvalue weighted by molar-refractivity contribution is -0.385. The number of likely N-dealkylation sites (tertiary alicyclic amines) is 1. The lowest BCUT2D eigenvalue weighted by Crippen LogP contribution is -2.56. The zero-order chi connectivity index (χ0) is 38.1. The van der Waals surface area contributed by atoms with Crippen LogP contribution in [-0.2, 0) is 41.6 Å². The van der Waals surface area contributed by atoms with Crippen LogP contribution in [0.25, 0.3) is 0 Å². The largest absolute Gasteiger partial charge is 0.502 e. The number of ether oxygens (including phenoxy) is 1. The number of ketones is 1. The molecule has 0 radical (unpaired) electrons. The first-order valence-corrected chi connectivity index (χ1v) is 17.0. The lowest BCUT2D eigenvalue weighted by Gasteiger charge is -2.30. The summed E-state index contributed by atoms with van der Waals surface area (Å²) in [7, 11) is 0. The molecule has 16 heteroatoms. The third-order valence-electron chi connectivity index (χ3n) is 8.54. The second kappa shape index (κ2) is 17.5. The van der Waals surface area contributed by atoms with E-state index in [9.17, 15) is 49.1 Å². The van der Waals surface area contributed by atoms with Gasteiger partial charge in [-0.2, -0.15) is 0 Å². The summed E-state index contributed by atoms with van der Waals surface area (Å²) in [4.78, 5) is 90.1. The molecule has 1 aliphatic heterocycles. The van der Waals surface area contributed by atoms with Gasteiger partial charge in [-0.3, -0.25) is 34.1 Å². The highest BCUT2D eigenvalue weighted by Crippen LogP contribution is 2.27. The van der Waals surface area contributed by atoms with Crippen LogP contribution in [0.5, 0.6) is 5.75 Å². The molecule has 52 heavy (non-hydrogen) atoms. The first-order chi connectivity index (χ1) is 24.6. The Balaban J connectivity index is 1.49. The van der Waals surface area contributed by atoms with Crippen LogP contribution in [0.2, 0.25) is 0 Å². The maximum Gasteiger partial charge on any atom is 0.339 e. The van der Waals surface area contributed by atoms with Crippen LogP contribution in [0, 0.1) is 24.0 Å². The number of amides is 3. The highest BCUT2D eigenvalue weighted by molar-refractivity contribution is 9.10. The number of carboxylic acids is 1. The van der Waals surface area contributed by atoms with Crippen LogP contribution in [0.4, 0.5) is 5.69 Å². The summed E-state index contributed by atoms with van der Waals surface area (Å²) in [5.41, 5.74) is 1.81. The van der Waals surface area contributed by atoms with Crippen molar-refractivity contribution in [3.05, 3.63) is 103 Å². The highest BCUT2D eigenvalue weighted by atomic mass is 79.9. The third-order valence-corrected chi connectivity index (χ3v) is 9.07. The minimum Gasteiger partial charge on any atom is -0.502 e. The summed E-state index contributed by atoms with van der Waals surface area (Å²) in [6, 6.07) is 11.8. The number of aliphatic carboxylic acids is 1. The van der Waals surface area contributed by atoms with Gasteiger partial charge in [-0.05, 0) is 67.1 Å². The number of carbonyl (C=O) groups is 6. The third kappa shape index (κ3) is 10.2. The van der Waals surface area contributed by atoms with E-state index >= 15 is 0 Å². The summed E-state index contributed by atoms with van der Waals surface area (Å²) in [6.07, 6.45) is -0.565. The van der Waals surface area contributed by atoms with Crippen molar-refractivity contribution in [2.24, 2.45) is 0 Å². The van der Waals surface area contributed by atoms with E-state index in [1.165, 1.54) is 11.0 Å². The molecule has 3 aromatic carbocycles. The number of phenols is 1. The van der Waals surface area contributed by atoms with Crippen LogP contribution >= 0.6 is 15.9 Å². The number of rotatable bonds is 15. The van der Waals surface area contributed by atoms with Crippen molar-refractivity contribution < 1.29 is 48.6 Å². The van der Waals surface area contributed by atoms with Crippen LogP contribution in [0.15, 0.2) is 65.1 Å². The average molecular weight is 782 g/mol. The van der Waals surface area contributed by atoms with Gasteiger partial charge in [0.05, 0.1) is 23.3 Å². The number of carboxylic acid groups (broad SMARTS) is 1. The molecule has 0 bridgehead atoms. The minimum atomic E-state index is -1.57. The Morgan fingerprint density at radius 2 is 1.63 bits per heavy atom. The van der Waals surface area contributed by atoms with Crippen molar-refractivity contribution in [3.63, 3.8) is 0 Å². The summed E-state index contributed by atoms with van der Waals surface area (Å²) in [6.45, 7) is 2.72. The van der Waals surface area contributed by atoms with E-state index in [-0.39, 0.29) is 36.9 Å². The van der Waals surface area contributed by atoms with Crippen LogP contribution in [0.3, 0.4) is 0 Å². The number of nitro benzene ring substituents is 1. The number of aryl methyl sites for hydroxylation is 2. The summed E-state index contributed by atoms with van der Waals surface area (Å²) in [5.74, 6) is -5.67. The Morgan fingerprint density at radius 3 is 2.27 bits per heavy atom. The van der Waals surface area contributed by atoms with Crippen LogP contribution in [-0.4, -0.2) is 86.8 Å². The van der Waals surface area contributed by atoms with E-state index in [0.717, 1.165) is 16.6 Å². The smallest absolute Gasteiger partial charge is 0.339 e. The Morgan fingerprint density at radius 1 is 0.981 bits per heavy atom. The Labute approximate surface area is 306 Å². The fourth-order valence-electron chi connectivity index (χ4n) is 5.95. The van der Waals surface area contributed by atoms with E-state index in [4.69, 9.17) is 4.74 Å². The fraction of sp³-hybridized carbons (Fsp3) is 0.333. The number of nitrogens with zero attached hydrogens (tertiary/aromatic N) is 2. The Hall–Kier alpha value is -5.64. The molecule has 4 rings (SSSR count). The normalized spacial score (nSPS) is 14.9. The van der Waals surface area contributed by atoms with Gasteiger partial charge >= 0.3 is 17.6 Å². The maximum absolute atomic E-state index is 14.1. The topological polar surface area (TPSA) is 223 Å². The summed E-state index contributed by atoms with van der Waals surface area (Å²) >= 11 is 3.35. The van der Waals surface area contributed by atoms with E-state index in [0.29, 0.717) is 23.1 Å². The summed E-state index contributed by atoms with van der Waals surface area (Å²) in [5, 5.41) is 35.6. The van der Waals surface area contributed by atoms with Crippen LogP contribution < -0.4 is 10.6 Å². The highest BCUT2D eigenvalue weighted by Gasteiger charge is 2.39. The molecule has 1 fully saturated rings. The first-order valence-electron chi connectivity index (χ1n) is 16.2. The number of nitro groups is 1. The standard InChI is InChI=1S/C36H37BrN4O11/c1-20-5-3-6-21(2)33(20)36(49)52-19-30(43)25(18-32(45)46)39-34(47)27-7-4-14-40(27)35(48)26(15-22-8-11-24(37)12-9-22)38-31(44)17-23-10-13-29(42)28(16-23)41(50)51/h3,5-6,8-13,16,25-27,42H,4,7,14-15,17-19H2,1-2H3,(H,38,44)(H,39,47)(H,45,46)/t25-,26-,27?/m0/s1. The maximum atomic E-state index is 14.1. The molecule has 3 aromatic rings. The Kier molecular flexibility index (Phi) is 13.2. The number of phenolic OH excluding ortho intramolecular Hbond substituents is 1. The molecule has 3 atom stereocenters. The number of halogens is 1. The molecular weight excluding hydrogens is 744 g/mol. The van der Waals surface area contributed by atoms with Gasteiger partial charge in [-0.25, -0.2) is 4.79 Å². The van der Waals surface area contributed by atoms with Crippen molar-refractivity contribution in [1.82, 2.24) is 15.5 Å². The molecule has 274 valence electrons. The number of aromatic hydroxyl groups is 1. The fourth-order valence-corrected chi connectivity index (χ4v) is 6.21. The van der Waals surface area contributed by atoms with Gasteiger partial charge in [0.15, 0.2) is 18.1 Å². The minimum absolute atomic E-state index is 0.0181. The molecule has 1 unspecified atom stereocenters. The van der Waals surface area contributed by atoms with Crippen molar-refractivity contribution in [1.29, 1.82) is 0 Å². The number of nitrogens with one attached hydrogen (secondary N) is 2. The first kappa shape index (κ1) is 39.2. The van der Waals surface area contributed by atoms with Gasteiger partial charge in [-0.15, -0.1) is 0 Å². The summed E-state index contributed by atoms with van der Waals surface area (Å²) < 4.78 is 5.97. The van der Waals surface area contributed by atoms with Gasteiger partial charge in [-0.1, -0.05) is 52.3 Å². The number of hydrogen-bond acceptors (Lipinski definition) is 10. The van der Waals surface area contributed by atoms with Crippen molar-refractivity contribution in [2.75, 3.05) is 13.2 Å². The predicted molar refractivity (Wildman–Crippen MR) is 188 cm³/mol. The number of carbonyl (C=O) groups excluding carboxylic acids is 5. The molecule has 1 aliphatic rings. The second-order valence-electron chi connectivity index (χ2n) is 12.4. The molecule has 0 aromatic heterocycles. The quantitative estimate of drug-likeness (QED) is 0.0995. The molecule has 0 spiro atoms. The molecule has 15 nitrogen and oxygen atoms in total. The molecule has 4 N–H and O–H groups in total. The van der Waals surface area contributed by atoms with E-state index in [1.54, 1.807) is 56.3 Å². The molecule has 3 amide bonds. The molecule has 0 saturated carbocycles. The molecule has 0 aliphatic carbocycles. The Bertz CT molecular complexity index is 1860. The van der Waals surface area contributed by atoms with Gasteiger partial charge in [0, 0.05) is 23.5 Å². The molecule has 1 heterocycles. The molecular formula is C36H37BrN4O11. The number of Topliss-reactive ketones (excluding diaryl/α,β-unsaturated/α-hetero) is 1. The molecule has 1 saturated heterocycles. The lowest BCUT2D eigenvalue weighted by atomic mass is 10.0. The van der Waals surface area contributed by atoms with Gasteiger partial charge in [0.1, 0.15) is 18.1 Å². The van der Waals surface area contributed by atoms with Crippen molar-refractivity contribution in [2.45, 2.75) is 64.1 Å². The zero-order valence-corrected chi connectivity index (χ0v) is 29.9. The van der Waals surface area contributed by atoms with E-state index in [2.05, 4.69) is 26.6 Å². The van der Waals surface area contributed by atoms with E-state index in [1.807, 2.05) is 0 Å². The second-order valence-corrected chi connectivity index (χ2v) is 13.3. The zero-order valence-electron chi connectivity index (χ0n) is 28.3. The average Bonchev–Trinajstić information content (AvgIpc) is 3.58. The number of esters is 1. The van der Waals surface area contributed by atoms with Gasteiger partial charge < -0.3 is 30.5 Å². The number of benzene rings is 3. The van der Waals surface area contributed by atoms with Crippen LogP contribution in [0.1, 0.15) is 51.9 Å².